The minimum absolute atomic E-state index is 0.00691. The van der Waals surface area contributed by atoms with Gasteiger partial charge in [-0.3, -0.25) is 9.59 Å². The maximum absolute atomic E-state index is 16.5. The number of aromatic amines is 2. The van der Waals surface area contributed by atoms with E-state index in [2.05, 4.69) is 25.5 Å². The molecular formula is C52H66F2N10O8. The molecule has 4 aliphatic heterocycles. The molecule has 0 bridgehead atoms. The molecule has 0 radical (unpaired) electrons. The molecule has 2 aromatic heterocycles. The number of piperidine rings is 1. The third kappa shape index (κ3) is 9.99. The van der Waals surface area contributed by atoms with Crippen molar-refractivity contribution in [1.82, 2.24) is 40.4 Å². The average molecular weight is 997 g/mol. The van der Waals surface area contributed by atoms with Crippen LogP contribution < -0.4 is 20.4 Å². The van der Waals surface area contributed by atoms with Gasteiger partial charge in [-0.2, -0.15) is 0 Å². The molecule has 386 valence electrons. The molecule has 8 atom stereocenters. The first-order chi connectivity index (χ1) is 34.7. The molecule has 4 saturated heterocycles. The number of hydrogen-bond donors (Lipinski definition) is 5. The lowest BCUT2D eigenvalue weighted by Crippen LogP contribution is -2.51. The minimum atomic E-state index is -1.27. The summed E-state index contributed by atoms with van der Waals surface area (Å²) in [5.74, 6) is -0.957. The number of methoxy groups -OCH3 is 3. The Morgan fingerprint density at radius 2 is 1.28 bits per heavy atom. The Kier molecular flexibility index (Phi) is 14.9. The monoisotopic (exact) mass is 997 g/mol. The average Bonchev–Trinajstić information content (AvgIpc) is 4.23. The Balaban J connectivity index is 1.05. The molecule has 0 spiro atoms. The van der Waals surface area contributed by atoms with Crippen LogP contribution in [-0.2, 0) is 23.8 Å². The number of carbonyl (C=O) groups excluding carboxylic acids is 3. The molecule has 5 aromatic rings. The van der Waals surface area contributed by atoms with Crippen molar-refractivity contribution in [3.63, 3.8) is 0 Å². The van der Waals surface area contributed by atoms with Crippen molar-refractivity contribution in [2.24, 2.45) is 5.92 Å². The van der Waals surface area contributed by atoms with E-state index in [1.807, 2.05) is 57.2 Å². The zero-order valence-electron chi connectivity index (χ0n) is 41.8. The van der Waals surface area contributed by atoms with E-state index in [4.69, 9.17) is 24.2 Å². The second-order valence-corrected chi connectivity index (χ2v) is 20.0. The van der Waals surface area contributed by atoms with Gasteiger partial charge in [0.05, 0.1) is 65.6 Å². The highest BCUT2D eigenvalue weighted by Crippen LogP contribution is 2.49. The van der Waals surface area contributed by atoms with Gasteiger partial charge in [0.1, 0.15) is 29.4 Å². The van der Waals surface area contributed by atoms with Crippen LogP contribution in [0, 0.1) is 17.6 Å². The number of rotatable bonds is 15. The number of anilines is 2. The minimum Gasteiger partial charge on any atom is -0.465 e. The van der Waals surface area contributed by atoms with E-state index in [-0.39, 0.29) is 54.3 Å². The largest absolute Gasteiger partial charge is 0.465 e. The Bertz CT molecular complexity index is 2770. The second kappa shape index (κ2) is 21.3. The van der Waals surface area contributed by atoms with Crippen molar-refractivity contribution in [1.29, 1.82) is 0 Å². The number of aromatic nitrogens is 4. The number of carboxylic acid groups (broad SMARTS) is 1. The summed E-state index contributed by atoms with van der Waals surface area (Å²) in [5, 5.41) is 14.6. The highest BCUT2D eigenvalue weighted by molar-refractivity contribution is 5.87. The van der Waals surface area contributed by atoms with E-state index in [0.29, 0.717) is 86.5 Å². The van der Waals surface area contributed by atoms with E-state index >= 15 is 8.78 Å². The third-order valence-electron chi connectivity index (χ3n) is 15.1. The number of likely N-dealkylation sites (tertiary alicyclic amines) is 2. The van der Waals surface area contributed by atoms with Crippen molar-refractivity contribution < 1.29 is 47.3 Å². The Morgan fingerprint density at radius 3 is 1.75 bits per heavy atom. The summed E-state index contributed by atoms with van der Waals surface area (Å²) < 4.78 is 49.2. The molecule has 4 amide bonds. The van der Waals surface area contributed by atoms with E-state index < -0.39 is 48.0 Å². The maximum atomic E-state index is 16.5. The predicted octanol–water partition coefficient (Wildman–Crippen LogP) is 8.18. The summed E-state index contributed by atoms with van der Waals surface area (Å²) in [5.41, 5.74) is 4.95. The smallest absolute Gasteiger partial charge is 0.407 e. The summed E-state index contributed by atoms with van der Waals surface area (Å²) in [6.07, 6.45) is 3.40. The van der Waals surface area contributed by atoms with Gasteiger partial charge in [0.15, 0.2) is 11.6 Å². The molecule has 18 nitrogen and oxygen atoms in total. The van der Waals surface area contributed by atoms with Crippen LogP contribution in [0.4, 0.5) is 29.7 Å². The van der Waals surface area contributed by atoms with Gasteiger partial charge in [0, 0.05) is 58.9 Å². The second-order valence-electron chi connectivity index (χ2n) is 20.0. The van der Waals surface area contributed by atoms with E-state index in [1.165, 1.54) is 19.2 Å². The number of nitrogens with one attached hydrogen (secondary N) is 4. The van der Waals surface area contributed by atoms with Crippen molar-refractivity contribution in [2.45, 2.75) is 127 Å². The number of alkyl carbamates (subject to hydrolysis) is 1. The summed E-state index contributed by atoms with van der Waals surface area (Å²) in [6.45, 7) is 7.35. The Morgan fingerprint density at radius 1 is 0.750 bits per heavy atom. The summed E-state index contributed by atoms with van der Waals surface area (Å²) >= 11 is 0. The predicted molar refractivity (Wildman–Crippen MR) is 266 cm³/mol. The number of hydrogen-bond acceptors (Lipinski definition) is 11. The number of halogens is 2. The van der Waals surface area contributed by atoms with Crippen LogP contribution in [0.3, 0.4) is 0 Å². The lowest BCUT2D eigenvalue weighted by atomic mass is 10.0. The fraction of sp³-hybridized carbons (Fsp3) is 0.538. The Hall–Kier alpha value is -6.54. The first kappa shape index (κ1) is 50.4. The molecule has 5 N–H and O–H groups in total. The zero-order chi connectivity index (χ0) is 51.0. The maximum Gasteiger partial charge on any atom is 0.407 e. The number of benzene rings is 3. The first-order valence-electron chi connectivity index (χ1n) is 25.2. The third-order valence-corrected chi connectivity index (χ3v) is 15.1. The number of H-pyrrole nitrogens is 2. The van der Waals surface area contributed by atoms with Gasteiger partial charge in [-0.1, -0.05) is 39.3 Å². The molecule has 72 heavy (non-hydrogen) atoms. The zero-order valence-corrected chi connectivity index (χ0v) is 41.8. The topological polar surface area (TPSA) is 211 Å². The van der Waals surface area contributed by atoms with Crippen LogP contribution >= 0.6 is 0 Å². The Labute approximate surface area is 417 Å². The molecule has 0 saturated carbocycles. The molecule has 4 fully saturated rings. The fourth-order valence-corrected chi connectivity index (χ4v) is 11.5. The van der Waals surface area contributed by atoms with Crippen LogP contribution in [0.1, 0.15) is 126 Å². The van der Waals surface area contributed by atoms with Crippen LogP contribution in [0.2, 0.25) is 0 Å². The van der Waals surface area contributed by atoms with E-state index in [1.54, 1.807) is 28.9 Å². The highest BCUT2D eigenvalue weighted by atomic mass is 19.1. The fourth-order valence-electron chi connectivity index (χ4n) is 11.5. The molecular weight excluding hydrogens is 931 g/mol. The number of fused-ring (bicyclic) bond motifs is 2. The number of carbonyl (C=O) groups is 4. The van der Waals surface area contributed by atoms with Gasteiger partial charge >= 0.3 is 12.2 Å². The number of imidazole rings is 2. The van der Waals surface area contributed by atoms with Crippen LogP contribution in [0.5, 0.6) is 0 Å². The van der Waals surface area contributed by atoms with E-state index in [9.17, 15) is 24.3 Å². The molecule has 0 unspecified atom stereocenters. The summed E-state index contributed by atoms with van der Waals surface area (Å²) in [6, 6.07) is 11.4. The highest BCUT2D eigenvalue weighted by Gasteiger charge is 2.44. The van der Waals surface area contributed by atoms with Crippen molar-refractivity contribution in [3.8, 4) is 0 Å². The van der Waals surface area contributed by atoms with Gasteiger partial charge < -0.3 is 59.5 Å². The SMILES string of the molecule is CCC[C@H](NC(=O)O)C(=O)N1C[C@@H](OC)C[C@H]1c1nc2cc([C@H]3CC[C@H](c4ccc5[nH]c([C@@H]6C[C@H](OC)CN6C(=O)[C@@H](NC(=O)OC)C(C)C)nc5c4)N3c3cc(F)c(N4CCCCC4)c(F)c3)ccc2[nH]1. The molecule has 3 aromatic carbocycles. The summed E-state index contributed by atoms with van der Waals surface area (Å²) in [4.78, 5) is 76.2. The van der Waals surface area contributed by atoms with Gasteiger partial charge in [-0.15, -0.1) is 0 Å². The van der Waals surface area contributed by atoms with Crippen molar-refractivity contribution in [2.75, 3.05) is 57.3 Å². The lowest BCUT2D eigenvalue weighted by molar-refractivity contribution is -0.136. The van der Waals surface area contributed by atoms with Crippen molar-refractivity contribution >= 4 is 57.4 Å². The molecule has 4 aliphatic rings. The van der Waals surface area contributed by atoms with E-state index in [0.717, 1.165) is 41.4 Å². The van der Waals surface area contributed by atoms with Gasteiger partial charge in [0.25, 0.3) is 0 Å². The molecule has 20 heteroatoms. The van der Waals surface area contributed by atoms with Gasteiger partial charge in [-0.05, 0) is 92.0 Å². The molecule has 9 rings (SSSR count). The number of amides is 4. The first-order valence-corrected chi connectivity index (χ1v) is 25.2. The van der Waals surface area contributed by atoms with Crippen molar-refractivity contribution in [3.05, 3.63) is 82.9 Å². The number of ether oxygens (including phenoxy) is 3. The van der Waals surface area contributed by atoms with Gasteiger partial charge in [-0.25, -0.2) is 28.3 Å². The summed E-state index contributed by atoms with van der Waals surface area (Å²) in [7, 11) is 4.45. The lowest BCUT2D eigenvalue weighted by Gasteiger charge is -2.35. The number of nitrogens with zero attached hydrogens (tertiary/aromatic N) is 6. The van der Waals surface area contributed by atoms with Crippen LogP contribution in [-0.4, -0.2) is 131 Å². The van der Waals surface area contributed by atoms with Crippen LogP contribution in [0.15, 0.2) is 48.5 Å². The normalized spacial score (nSPS) is 23.3. The molecule has 6 heterocycles. The quantitative estimate of drug-likeness (QED) is 0.0673. The molecule has 0 aliphatic carbocycles. The standard InChI is InChI=1S/C52H66F2N10O8/c1-7-11-38(59-51(67)68)49(65)62-26-32(70-4)24-43(62)47-55-36-14-12-29(20-39(36)57-47)41-16-17-42(64(41)31-22-34(53)46(35(54)23-31)61-18-9-8-10-19-61)30-13-15-37-40(21-30)58-48(56-37)44-25-33(71-5)27-63(44)50(66)45(28(2)3)60-52(69)72-6/h12-15,20-23,28,32-33,38,41-45,59H,7-11,16-19,24-27H2,1-6H3,(H,55,57)(H,56,58)(H,60,69)(H,67,68)/t32-,33-,38-,41+,42+,43-,44-,45-/m0/s1. The van der Waals surface area contributed by atoms with Crippen LogP contribution in [0.25, 0.3) is 22.1 Å². The van der Waals surface area contributed by atoms with Gasteiger partial charge in [0.2, 0.25) is 11.8 Å².